The van der Waals surface area contributed by atoms with Gasteiger partial charge in [0, 0.05) is 71.5 Å². The largest absolute Gasteiger partial charge is 0.394 e. The molecule has 1 fully saturated rings. The van der Waals surface area contributed by atoms with Gasteiger partial charge < -0.3 is 15.3 Å². The molecule has 37 heavy (non-hydrogen) atoms. The third kappa shape index (κ3) is 5.35. The molecule has 0 aliphatic carbocycles. The normalized spacial score (nSPS) is 14.8. The average Bonchev–Trinajstić information content (AvgIpc) is 3.20. The zero-order valence-electron chi connectivity index (χ0n) is 21.7. The topological polar surface area (TPSA) is 109 Å². The summed E-state index contributed by atoms with van der Waals surface area (Å²) in [4.78, 5) is 16.2. The van der Waals surface area contributed by atoms with Gasteiger partial charge in [-0.2, -0.15) is 5.10 Å². The van der Waals surface area contributed by atoms with Gasteiger partial charge in [-0.1, -0.05) is 19.9 Å². The summed E-state index contributed by atoms with van der Waals surface area (Å²) >= 11 is 0. The van der Waals surface area contributed by atoms with Gasteiger partial charge in [-0.25, -0.2) is 15.0 Å². The summed E-state index contributed by atoms with van der Waals surface area (Å²) in [7, 11) is -0.763. The number of aromatic nitrogens is 5. The molecule has 1 atom stereocenters. The highest BCUT2D eigenvalue weighted by Crippen LogP contribution is 2.37. The third-order valence-corrected chi connectivity index (χ3v) is 7.67. The average molecular weight is 520 g/mol. The molecular weight excluding hydrogens is 486 g/mol. The smallest absolute Gasteiger partial charge is 0.164 e. The minimum absolute atomic E-state index is 0.0225. The number of rotatable bonds is 9. The van der Waals surface area contributed by atoms with E-state index in [1.807, 2.05) is 25.4 Å². The standard InChI is InChI=1S/C27H33N7O2S/c1-17(2)20-5-6-24(33-13-19(14-33)16-37(4)36)22-12-29-26(11-21(20)22)30-25-7-8-28-27(31-25)23-15-34(9-10-35)32-18(23)3/h5-8,11-12,15,17,19,35H,9-10,13-14,16H2,1-4H3,(H,28,29,30,31). The summed E-state index contributed by atoms with van der Waals surface area (Å²) in [5.74, 6) is 3.53. The molecule has 0 bridgehead atoms. The zero-order valence-corrected chi connectivity index (χ0v) is 22.5. The lowest BCUT2D eigenvalue weighted by Gasteiger charge is -2.41. The van der Waals surface area contributed by atoms with Crippen LogP contribution in [-0.2, 0) is 17.3 Å². The SMILES string of the molecule is Cc1nn(CCO)cc1-c1nccc(Nc2cc3c(C(C)C)ccc(N4CC(CS(C)=O)C4)c3cn2)n1. The lowest BCUT2D eigenvalue weighted by molar-refractivity contribution is 0.269. The second-order valence-electron chi connectivity index (χ2n) is 9.96. The molecule has 1 aliphatic rings. The van der Waals surface area contributed by atoms with Crippen LogP contribution in [0.25, 0.3) is 22.2 Å². The van der Waals surface area contributed by atoms with Gasteiger partial charge in [0.25, 0.3) is 0 Å². The zero-order chi connectivity index (χ0) is 26.1. The van der Waals surface area contributed by atoms with Crippen molar-refractivity contribution in [1.29, 1.82) is 0 Å². The minimum atomic E-state index is -0.763. The number of nitrogens with one attached hydrogen (secondary N) is 1. The monoisotopic (exact) mass is 519 g/mol. The van der Waals surface area contributed by atoms with Crippen molar-refractivity contribution in [2.75, 3.05) is 41.9 Å². The number of pyridine rings is 1. The van der Waals surface area contributed by atoms with Crippen LogP contribution in [0.2, 0.25) is 0 Å². The Kier molecular flexibility index (Phi) is 7.21. The van der Waals surface area contributed by atoms with E-state index in [4.69, 9.17) is 9.97 Å². The number of aliphatic hydroxyl groups is 1. The Balaban J connectivity index is 1.43. The van der Waals surface area contributed by atoms with E-state index >= 15 is 0 Å². The predicted molar refractivity (Wildman–Crippen MR) is 149 cm³/mol. The molecule has 1 aliphatic heterocycles. The van der Waals surface area contributed by atoms with Crippen LogP contribution in [0.15, 0.2) is 42.9 Å². The fraction of sp³-hybridized carbons (Fsp3) is 0.407. The van der Waals surface area contributed by atoms with E-state index in [1.54, 1.807) is 17.1 Å². The Morgan fingerprint density at radius 1 is 1.16 bits per heavy atom. The summed E-state index contributed by atoms with van der Waals surface area (Å²) in [6, 6.07) is 8.33. The molecule has 4 heterocycles. The summed E-state index contributed by atoms with van der Waals surface area (Å²) in [6.45, 7) is 8.61. The molecule has 4 aromatic rings. The van der Waals surface area contributed by atoms with Gasteiger partial charge in [0.15, 0.2) is 5.82 Å². The van der Waals surface area contributed by atoms with E-state index < -0.39 is 10.8 Å². The Morgan fingerprint density at radius 3 is 2.70 bits per heavy atom. The highest BCUT2D eigenvalue weighted by molar-refractivity contribution is 7.84. The number of aliphatic hydroxyl groups excluding tert-OH is 1. The number of nitrogens with zero attached hydrogens (tertiary/aromatic N) is 6. The van der Waals surface area contributed by atoms with Crippen molar-refractivity contribution in [3.63, 3.8) is 0 Å². The molecule has 1 saturated heterocycles. The second-order valence-corrected chi connectivity index (χ2v) is 11.4. The first-order valence-corrected chi connectivity index (χ1v) is 14.3. The van der Waals surface area contributed by atoms with Crippen LogP contribution in [0, 0.1) is 12.8 Å². The molecule has 1 aromatic carbocycles. The van der Waals surface area contributed by atoms with Crippen LogP contribution < -0.4 is 10.2 Å². The first kappa shape index (κ1) is 25.3. The number of fused-ring (bicyclic) bond motifs is 1. The molecule has 1 unspecified atom stereocenters. The van der Waals surface area contributed by atoms with Crippen molar-refractivity contribution < 1.29 is 9.32 Å². The Bertz CT molecular complexity index is 1450. The molecule has 0 amide bonds. The van der Waals surface area contributed by atoms with Gasteiger partial charge in [0.05, 0.1) is 24.4 Å². The minimum Gasteiger partial charge on any atom is -0.394 e. The van der Waals surface area contributed by atoms with Gasteiger partial charge >= 0.3 is 0 Å². The summed E-state index contributed by atoms with van der Waals surface area (Å²) in [6.07, 6.45) is 7.29. The van der Waals surface area contributed by atoms with Crippen molar-refractivity contribution in [2.24, 2.45) is 5.92 Å². The fourth-order valence-corrected chi connectivity index (χ4v) is 5.82. The van der Waals surface area contributed by atoms with Gasteiger partial charge in [-0.05, 0) is 42.0 Å². The lowest BCUT2D eigenvalue weighted by Crippen LogP contribution is -2.49. The first-order valence-electron chi connectivity index (χ1n) is 12.6. The molecule has 9 nitrogen and oxygen atoms in total. The van der Waals surface area contributed by atoms with Crippen LogP contribution in [0.5, 0.6) is 0 Å². The maximum atomic E-state index is 11.6. The number of aryl methyl sites for hydroxylation is 1. The van der Waals surface area contributed by atoms with Crippen LogP contribution in [0.4, 0.5) is 17.3 Å². The van der Waals surface area contributed by atoms with E-state index in [2.05, 4.69) is 52.3 Å². The molecule has 2 N–H and O–H groups in total. The quantitative estimate of drug-likeness (QED) is 0.343. The highest BCUT2D eigenvalue weighted by atomic mass is 32.2. The van der Waals surface area contributed by atoms with E-state index in [0.717, 1.165) is 35.5 Å². The summed E-state index contributed by atoms with van der Waals surface area (Å²) < 4.78 is 13.3. The molecule has 3 aromatic heterocycles. The Labute approximate surface area is 219 Å². The van der Waals surface area contributed by atoms with Gasteiger partial charge in [0.1, 0.15) is 11.6 Å². The fourth-order valence-electron chi connectivity index (χ4n) is 4.94. The van der Waals surface area contributed by atoms with Crippen LogP contribution in [-0.4, -0.2) is 65.8 Å². The number of benzene rings is 1. The maximum Gasteiger partial charge on any atom is 0.164 e. The first-order chi connectivity index (χ1) is 17.8. The number of hydrogen-bond donors (Lipinski definition) is 2. The molecule has 0 spiro atoms. The van der Waals surface area contributed by atoms with Gasteiger partial charge in [-0.3, -0.25) is 8.89 Å². The van der Waals surface area contributed by atoms with Crippen molar-refractivity contribution >= 4 is 38.9 Å². The molecule has 0 radical (unpaired) electrons. The summed E-state index contributed by atoms with van der Waals surface area (Å²) in [5, 5.41) is 19.3. The highest BCUT2D eigenvalue weighted by Gasteiger charge is 2.29. The van der Waals surface area contributed by atoms with Gasteiger partial charge in [-0.15, -0.1) is 0 Å². The Morgan fingerprint density at radius 2 is 1.97 bits per heavy atom. The maximum absolute atomic E-state index is 11.6. The van der Waals surface area contributed by atoms with E-state index in [1.165, 1.54) is 16.6 Å². The number of hydrogen-bond acceptors (Lipinski definition) is 8. The van der Waals surface area contributed by atoms with Crippen molar-refractivity contribution in [3.8, 4) is 11.4 Å². The van der Waals surface area contributed by atoms with Crippen molar-refractivity contribution in [1.82, 2.24) is 24.7 Å². The summed E-state index contributed by atoms with van der Waals surface area (Å²) in [5.41, 5.74) is 4.08. The van der Waals surface area contributed by atoms with Gasteiger partial charge in [0.2, 0.25) is 0 Å². The molecular formula is C27H33N7O2S. The molecule has 5 rings (SSSR count). The Hall–Kier alpha value is -3.37. The molecule has 194 valence electrons. The van der Waals surface area contributed by atoms with Crippen molar-refractivity contribution in [3.05, 3.63) is 54.1 Å². The van der Waals surface area contributed by atoms with Crippen LogP contribution in [0.1, 0.15) is 31.0 Å². The number of anilines is 3. The predicted octanol–water partition coefficient (Wildman–Crippen LogP) is 3.87. The van der Waals surface area contributed by atoms with Crippen LogP contribution in [0.3, 0.4) is 0 Å². The van der Waals surface area contributed by atoms with E-state index in [0.29, 0.717) is 35.8 Å². The molecule has 10 heteroatoms. The third-order valence-electron chi connectivity index (χ3n) is 6.73. The molecule has 0 saturated carbocycles. The van der Waals surface area contributed by atoms with Crippen molar-refractivity contribution in [2.45, 2.75) is 33.2 Å². The van der Waals surface area contributed by atoms with Crippen LogP contribution >= 0.6 is 0 Å². The van der Waals surface area contributed by atoms with E-state index in [9.17, 15) is 9.32 Å². The lowest BCUT2D eigenvalue weighted by atomic mass is 9.93. The van der Waals surface area contributed by atoms with E-state index in [-0.39, 0.29) is 6.61 Å². The second kappa shape index (κ2) is 10.5.